The zero-order valence-electron chi connectivity index (χ0n) is 38.5. The number of unbranched alkanes of at least 4 members (excludes halogenated alkanes) is 11. The predicted octanol–water partition coefficient (Wildman–Crippen LogP) is 10.7. The van der Waals surface area contributed by atoms with Crippen molar-refractivity contribution in [3.8, 4) is 0 Å². The van der Waals surface area contributed by atoms with E-state index in [2.05, 4.69) is 33.8 Å². The number of phosphoric ester groups is 1. The van der Waals surface area contributed by atoms with Gasteiger partial charge in [0.1, 0.15) is 31.3 Å². The lowest BCUT2D eigenvalue weighted by atomic mass is 10.0. The number of aliphatic hydroxyl groups is 1. The van der Waals surface area contributed by atoms with E-state index in [0.717, 1.165) is 75.7 Å². The van der Waals surface area contributed by atoms with E-state index in [0.29, 0.717) is 36.7 Å². The molecule has 0 radical (unpaired) electrons. The lowest BCUT2D eigenvalue weighted by Gasteiger charge is -2.28. The first kappa shape index (κ1) is 55.2. The van der Waals surface area contributed by atoms with Gasteiger partial charge in [-0.15, -0.1) is 0 Å². The van der Waals surface area contributed by atoms with Crippen LogP contribution in [-0.4, -0.2) is 81.2 Å². The Kier molecular flexibility index (Phi) is 31.1. The molecule has 0 fully saturated rings. The molecular formula is C48H82NO10P. The number of aliphatic hydroxyl groups excluding tert-OH is 1. The number of furan rings is 1. The van der Waals surface area contributed by atoms with E-state index >= 15 is 0 Å². The highest BCUT2D eigenvalue weighted by Gasteiger charge is 2.22. The third-order valence-corrected chi connectivity index (χ3v) is 11.1. The van der Waals surface area contributed by atoms with Gasteiger partial charge in [-0.1, -0.05) is 114 Å². The van der Waals surface area contributed by atoms with Crippen LogP contribution in [0, 0.1) is 13.8 Å². The summed E-state index contributed by atoms with van der Waals surface area (Å²) in [6.07, 6.45) is 32.9. The third kappa shape index (κ3) is 30.3. The first-order chi connectivity index (χ1) is 28.7. The number of rotatable bonds is 37. The van der Waals surface area contributed by atoms with Gasteiger partial charge in [-0.3, -0.25) is 14.2 Å². The fraction of sp³-hybridized carbons (Fsp3) is 0.708. The number of esters is 2. The van der Waals surface area contributed by atoms with Crippen LogP contribution in [-0.2, 0) is 45.5 Å². The molecule has 1 unspecified atom stereocenters. The second-order valence-corrected chi connectivity index (χ2v) is 18.3. The predicted molar refractivity (Wildman–Crippen MR) is 240 cm³/mol. The number of allylic oxidation sites excluding steroid dienone is 6. The third-order valence-electron chi connectivity index (χ3n) is 10.1. The maximum absolute atomic E-state index is 12.8. The van der Waals surface area contributed by atoms with Gasteiger partial charge in [0, 0.05) is 25.7 Å². The quantitative estimate of drug-likeness (QED) is 0.0171. The summed E-state index contributed by atoms with van der Waals surface area (Å²) in [4.78, 5) is 37.7. The topological polar surface area (TPSA) is 145 Å². The van der Waals surface area contributed by atoms with Crippen LogP contribution < -0.4 is 4.89 Å². The number of phosphoric acid groups is 1. The van der Waals surface area contributed by atoms with E-state index in [-0.39, 0.29) is 26.1 Å². The van der Waals surface area contributed by atoms with Crippen molar-refractivity contribution in [1.82, 2.24) is 0 Å². The van der Waals surface area contributed by atoms with Crippen molar-refractivity contribution in [2.75, 3.05) is 47.5 Å². The summed E-state index contributed by atoms with van der Waals surface area (Å²) < 4.78 is 40.1. The van der Waals surface area contributed by atoms with Gasteiger partial charge in [-0.2, -0.15) is 0 Å². The van der Waals surface area contributed by atoms with Gasteiger partial charge in [0.05, 0.1) is 33.9 Å². The van der Waals surface area contributed by atoms with Crippen molar-refractivity contribution in [1.29, 1.82) is 0 Å². The summed E-state index contributed by atoms with van der Waals surface area (Å²) in [7, 11) is 1.07. The van der Waals surface area contributed by atoms with Crippen LogP contribution >= 0.6 is 7.82 Å². The highest BCUT2D eigenvalue weighted by atomic mass is 31.2. The van der Waals surface area contributed by atoms with Crippen molar-refractivity contribution in [3.63, 3.8) is 0 Å². The number of quaternary nitrogens is 1. The molecule has 12 heteroatoms. The molecule has 0 aromatic carbocycles. The second-order valence-electron chi connectivity index (χ2n) is 16.8. The average Bonchev–Trinajstić information content (AvgIpc) is 3.46. The van der Waals surface area contributed by atoms with Crippen molar-refractivity contribution < 1.29 is 51.6 Å². The highest BCUT2D eigenvalue weighted by molar-refractivity contribution is 7.45. The van der Waals surface area contributed by atoms with Crippen LogP contribution in [0.25, 0.3) is 0 Å². The first-order valence-corrected chi connectivity index (χ1v) is 24.3. The van der Waals surface area contributed by atoms with Crippen LogP contribution in [0.5, 0.6) is 0 Å². The lowest BCUT2D eigenvalue weighted by Crippen LogP contribution is -2.37. The zero-order chi connectivity index (χ0) is 44.5. The Morgan fingerprint density at radius 3 is 2.02 bits per heavy atom. The molecule has 1 heterocycles. The summed E-state index contributed by atoms with van der Waals surface area (Å²) in [5, 5.41) is 10.0. The Bertz CT molecular complexity index is 1460. The van der Waals surface area contributed by atoms with E-state index < -0.39 is 38.6 Å². The van der Waals surface area contributed by atoms with Gasteiger partial charge in [-0.05, 0) is 82.8 Å². The Hall–Kier alpha value is -2.79. The molecule has 3 atom stereocenters. The smallest absolute Gasteiger partial charge is 0.306 e. The van der Waals surface area contributed by atoms with Crippen LogP contribution in [0.2, 0.25) is 0 Å². The molecule has 1 N–H and O–H groups in total. The number of hydrogen-bond donors (Lipinski definition) is 1. The van der Waals surface area contributed by atoms with E-state index in [1.807, 2.05) is 57.6 Å². The molecule has 11 nitrogen and oxygen atoms in total. The number of nitrogens with zero attached hydrogens (tertiary/aromatic N) is 1. The van der Waals surface area contributed by atoms with Crippen LogP contribution in [0.1, 0.15) is 158 Å². The number of carbonyl (C=O) groups is 2. The molecule has 0 bridgehead atoms. The van der Waals surface area contributed by atoms with Crippen molar-refractivity contribution in [3.05, 3.63) is 71.3 Å². The summed E-state index contributed by atoms with van der Waals surface area (Å²) in [6.45, 7) is 8.26. The fourth-order valence-corrected chi connectivity index (χ4v) is 6.93. The second kappa shape index (κ2) is 33.8. The van der Waals surface area contributed by atoms with Gasteiger partial charge in [0.15, 0.2) is 6.10 Å². The maximum atomic E-state index is 12.8. The van der Waals surface area contributed by atoms with Crippen LogP contribution in [0.15, 0.2) is 53.0 Å². The standard InChI is InChI=1S/C48H82NO10P/c1-8-10-12-13-20-26-31-43(50)32-27-21-16-14-15-17-23-29-35-47(51)55-39-44(40-57-60(53,54)56-38-37-49(5,6)7)58-48(52)36-30-24-19-18-22-28-34-46-42(4)41(3)45(59-46)33-25-11-9-2/h15-17,20-21,26-27,32,43-44,50H,8-14,18-19,22-25,28-31,33-40H2,1-7H3/b17-15-,21-16-,26-20-,32-27+/t43-,44-/m1/s1. The number of ether oxygens (including phenoxy) is 2. The molecule has 1 aromatic heterocycles. The number of likely N-dealkylation sites (N-methyl/N-ethyl adjacent to an activating group) is 1. The van der Waals surface area contributed by atoms with Gasteiger partial charge in [0.2, 0.25) is 0 Å². The highest BCUT2D eigenvalue weighted by Crippen LogP contribution is 2.38. The Morgan fingerprint density at radius 2 is 1.33 bits per heavy atom. The summed E-state index contributed by atoms with van der Waals surface area (Å²) in [6, 6.07) is 0. The van der Waals surface area contributed by atoms with Crippen molar-refractivity contribution in [2.24, 2.45) is 0 Å². The maximum Gasteiger partial charge on any atom is 0.306 e. The lowest BCUT2D eigenvalue weighted by molar-refractivity contribution is -0.870. The van der Waals surface area contributed by atoms with Gasteiger partial charge < -0.3 is 37.4 Å². The zero-order valence-corrected chi connectivity index (χ0v) is 39.4. The van der Waals surface area contributed by atoms with Gasteiger partial charge in [0.25, 0.3) is 7.82 Å². The van der Waals surface area contributed by atoms with E-state index in [1.165, 1.54) is 43.2 Å². The molecule has 0 amide bonds. The van der Waals surface area contributed by atoms with Gasteiger partial charge in [-0.25, -0.2) is 0 Å². The monoisotopic (exact) mass is 864 g/mol. The molecule has 1 aromatic rings. The molecule has 0 aliphatic rings. The summed E-state index contributed by atoms with van der Waals surface area (Å²) in [5.74, 6) is 1.28. The molecule has 0 saturated heterocycles. The molecule has 344 valence electrons. The minimum atomic E-state index is -4.67. The molecule has 1 rings (SSSR count). The SMILES string of the molecule is CCCCC/C=C\C[C@@H](O)/C=C/C=C\C/C=C\CCCC(=O)OC[C@H](COP(=O)([O-])OCC[N+](C)(C)C)OC(=O)CCCCCCCCc1oc(CCCCC)c(C)c1C. The number of aryl methyl sites for hydroxylation is 2. The summed E-state index contributed by atoms with van der Waals surface area (Å²) >= 11 is 0. The van der Waals surface area contributed by atoms with Crippen molar-refractivity contribution >= 4 is 19.8 Å². The first-order valence-electron chi connectivity index (χ1n) is 22.8. The van der Waals surface area contributed by atoms with E-state index in [1.54, 1.807) is 6.08 Å². The van der Waals surface area contributed by atoms with Gasteiger partial charge >= 0.3 is 11.9 Å². The number of carbonyl (C=O) groups excluding carboxylic acids is 2. The normalized spacial score (nSPS) is 14.5. The minimum absolute atomic E-state index is 0.0603. The van der Waals surface area contributed by atoms with Crippen molar-refractivity contribution in [2.45, 2.75) is 175 Å². The molecule has 0 saturated carbocycles. The number of hydrogen-bond acceptors (Lipinski definition) is 10. The largest absolute Gasteiger partial charge is 0.756 e. The molecular weight excluding hydrogens is 781 g/mol. The molecule has 60 heavy (non-hydrogen) atoms. The summed E-state index contributed by atoms with van der Waals surface area (Å²) in [5.41, 5.74) is 2.58. The average molecular weight is 864 g/mol. The Balaban J connectivity index is 2.45. The van der Waals surface area contributed by atoms with Crippen LogP contribution in [0.4, 0.5) is 0 Å². The minimum Gasteiger partial charge on any atom is -0.756 e. The van der Waals surface area contributed by atoms with E-state index in [9.17, 15) is 24.2 Å². The molecule has 0 aliphatic heterocycles. The molecule has 0 spiro atoms. The molecule has 0 aliphatic carbocycles. The Morgan fingerprint density at radius 1 is 0.733 bits per heavy atom. The van der Waals surface area contributed by atoms with Crippen LogP contribution in [0.3, 0.4) is 0 Å². The fourth-order valence-electron chi connectivity index (χ4n) is 6.20. The van der Waals surface area contributed by atoms with E-state index in [4.69, 9.17) is 22.9 Å². The Labute approximate surface area is 363 Å².